The summed E-state index contributed by atoms with van der Waals surface area (Å²) < 4.78 is 32.4. The standard InChI is InChI=1S/C30H29ClF2N8O2/c1-21-36-40(18-30(43,17-39-20-34-19-35-39)27-11-4-23(32)16-28(27)33)29(42)41(21)26-9-7-25(8-10-26)38-14-12-37(13-15-38)24-5-2-22(31)3-6-24/h2-11,16,19-20,43H,12-15,17-18H2,1H3. The van der Waals surface area contributed by atoms with E-state index in [1.54, 1.807) is 6.92 Å². The monoisotopic (exact) mass is 606 g/mol. The maximum atomic E-state index is 14.9. The van der Waals surface area contributed by atoms with Gasteiger partial charge in [0.1, 0.15) is 35.7 Å². The second-order valence-corrected chi connectivity index (χ2v) is 11.0. The van der Waals surface area contributed by atoms with E-state index in [4.69, 9.17) is 11.6 Å². The van der Waals surface area contributed by atoms with Gasteiger partial charge in [-0.1, -0.05) is 17.7 Å². The van der Waals surface area contributed by atoms with E-state index in [9.17, 15) is 18.7 Å². The average molecular weight is 607 g/mol. The molecule has 0 aliphatic carbocycles. The van der Waals surface area contributed by atoms with Crippen molar-refractivity contribution in [1.82, 2.24) is 29.1 Å². The average Bonchev–Trinajstić information content (AvgIpc) is 3.60. The second-order valence-electron chi connectivity index (χ2n) is 10.5. The maximum Gasteiger partial charge on any atom is 0.350 e. The molecular weight excluding hydrogens is 578 g/mol. The number of nitrogens with zero attached hydrogens (tertiary/aromatic N) is 8. The summed E-state index contributed by atoms with van der Waals surface area (Å²) in [7, 11) is 0. The summed E-state index contributed by atoms with van der Waals surface area (Å²) in [5, 5.41) is 20.8. The summed E-state index contributed by atoms with van der Waals surface area (Å²) in [5.74, 6) is -1.35. The van der Waals surface area contributed by atoms with Crippen LogP contribution >= 0.6 is 11.6 Å². The van der Waals surface area contributed by atoms with Crippen LogP contribution in [0.2, 0.25) is 5.02 Å². The molecule has 0 spiro atoms. The molecule has 1 aliphatic rings. The molecule has 10 nitrogen and oxygen atoms in total. The predicted molar refractivity (Wildman–Crippen MR) is 159 cm³/mol. The highest BCUT2D eigenvalue weighted by atomic mass is 35.5. The minimum atomic E-state index is -1.99. The zero-order chi connectivity index (χ0) is 30.1. The zero-order valence-electron chi connectivity index (χ0n) is 23.3. The fourth-order valence-electron chi connectivity index (χ4n) is 5.52. The first kappa shape index (κ1) is 28.6. The van der Waals surface area contributed by atoms with E-state index in [0.29, 0.717) is 22.6 Å². The van der Waals surface area contributed by atoms with Gasteiger partial charge in [0.2, 0.25) is 0 Å². The summed E-state index contributed by atoms with van der Waals surface area (Å²) >= 11 is 6.03. The van der Waals surface area contributed by atoms with Crippen LogP contribution in [0.5, 0.6) is 0 Å². The third-order valence-corrected chi connectivity index (χ3v) is 7.93. The van der Waals surface area contributed by atoms with E-state index < -0.39 is 29.5 Å². The molecule has 1 saturated heterocycles. The molecule has 1 atom stereocenters. The number of piperazine rings is 1. The Morgan fingerprint density at radius 2 is 1.49 bits per heavy atom. The molecule has 43 heavy (non-hydrogen) atoms. The third kappa shape index (κ3) is 5.88. The van der Waals surface area contributed by atoms with Crippen LogP contribution in [0.25, 0.3) is 5.69 Å². The van der Waals surface area contributed by atoms with Crippen molar-refractivity contribution in [2.45, 2.75) is 25.6 Å². The van der Waals surface area contributed by atoms with Gasteiger partial charge in [0.25, 0.3) is 0 Å². The number of rotatable bonds is 8. The van der Waals surface area contributed by atoms with Crippen LogP contribution in [0.4, 0.5) is 20.2 Å². The van der Waals surface area contributed by atoms with Gasteiger partial charge >= 0.3 is 5.69 Å². The number of hydrogen-bond donors (Lipinski definition) is 1. The Hall–Kier alpha value is -4.55. The summed E-state index contributed by atoms with van der Waals surface area (Å²) in [6.45, 7) is 4.43. The molecule has 0 saturated carbocycles. The molecular formula is C30H29ClF2N8O2. The van der Waals surface area contributed by atoms with Crippen molar-refractivity contribution in [3.63, 3.8) is 0 Å². The number of halogens is 3. The minimum absolute atomic E-state index is 0.191. The van der Waals surface area contributed by atoms with Crippen LogP contribution in [0, 0.1) is 18.6 Å². The Morgan fingerprint density at radius 1 is 0.884 bits per heavy atom. The van der Waals surface area contributed by atoms with Gasteiger partial charge in [-0.15, -0.1) is 0 Å². The van der Waals surface area contributed by atoms with Crippen molar-refractivity contribution < 1.29 is 13.9 Å². The van der Waals surface area contributed by atoms with Crippen LogP contribution in [-0.2, 0) is 18.7 Å². The molecule has 0 bridgehead atoms. The quantitative estimate of drug-likeness (QED) is 0.287. The van der Waals surface area contributed by atoms with Crippen LogP contribution in [0.1, 0.15) is 11.4 Å². The molecule has 6 rings (SSSR count). The largest absolute Gasteiger partial charge is 0.381 e. The maximum absolute atomic E-state index is 14.9. The topological polar surface area (TPSA) is 97.2 Å². The number of anilines is 2. The van der Waals surface area contributed by atoms with Gasteiger partial charge in [-0.05, 0) is 61.5 Å². The van der Waals surface area contributed by atoms with E-state index in [1.807, 2.05) is 48.5 Å². The van der Waals surface area contributed by atoms with Gasteiger partial charge in [0.15, 0.2) is 0 Å². The lowest BCUT2D eigenvalue weighted by Crippen LogP contribution is -2.46. The molecule has 1 N–H and O–H groups in total. The normalized spacial score (nSPS) is 15.1. The van der Waals surface area contributed by atoms with Crippen molar-refractivity contribution in [3.8, 4) is 5.69 Å². The van der Waals surface area contributed by atoms with Crippen LogP contribution < -0.4 is 15.5 Å². The third-order valence-electron chi connectivity index (χ3n) is 7.68. The molecule has 1 fully saturated rings. The first-order chi connectivity index (χ1) is 20.7. The fraction of sp³-hybridized carbons (Fsp3) is 0.267. The lowest BCUT2D eigenvalue weighted by Gasteiger charge is -2.37. The zero-order valence-corrected chi connectivity index (χ0v) is 24.1. The molecule has 3 aromatic carbocycles. The highest BCUT2D eigenvalue weighted by Crippen LogP contribution is 2.28. The van der Waals surface area contributed by atoms with Gasteiger partial charge in [-0.3, -0.25) is 0 Å². The molecule has 2 aromatic heterocycles. The van der Waals surface area contributed by atoms with Gasteiger partial charge in [-0.25, -0.2) is 32.5 Å². The smallest absolute Gasteiger partial charge is 0.350 e. The fourth-order valence-corrected chi connectivity index (χ4v) is 5.65. The van der Waals surface area contributed by atoms with E-state index in [1.165, 1.54) is 21.9 Å². The lowest BCUT2D eigenvalue weighted by atomic mass is 9.93. The summed E-state index contributed by atoms with van der Waals surface area (Å²) in [6, 6.07) is 18.4. The summed E-state index contributed by atoms with van der Waals surface area (Å²) in [5.41, 5.74) is 0.0857. The molecule has 13 heteroatoms. The Morgan fingerprint density at radius 3 is 2.07 bits per heavy atom. The number of aliphatic hydroxyl groups is 1. The number of aromatic nitrogens is 6. The highest BCUT2D eigenvalue weighted by molar-refractivity contribution is 6.30. The SMILES string of the molecule is Cc1nn(CC(O)(Cn2cncn2)c2ccc(F)cc2F)c(=O)n1-c1ccc(N2CCN(c3ccc(Cl)cc3)CC2)cc1. The summed E-state index contributed by atoms with van der Waals surface area (Å²) in [4.78, 5) is 22.0. The minimum Gasteiger partial charge on any atom is -0.381 e. The first-order valence-corrected chi connectivity index (χ1v) is 14.1. The molecule has 1 aliphatic heterocycles. The Bertz CT molecular complexity index is 1770. The van der Waals surface area contributed by atoms with Gasteiger partial charge < -0.3 is 14.9 Å². The van der Waals surface area contributed by atoms with Crippen LogP contribution in [0.15, 0.2) is 84.2 Å². The first-order valence-electron chi connectivity index (χ1n) is 13.7. The van der Waals surface area contributed by atoms with Crippen LogP contribution in [-0.4, -0.2) is 60.4 Å². The van der Waals surface area contributed by atoms with E-state index in [2.05, 4.69) is 25.0 Å². The van der Waals surface area contributed by atoms with Gasteiger partial charge in [0.05, 0.1) is 18.8 Å². The number of aryl methyl sites for hydroxylation is 1. The number of benzene rings is 3. The van der Waals surface area contributed by atoms with Crippen molar-refractivity contribution in [3.05, 3.63) is 118 Å². The lowest BCUT2D eigenvalue weighted by molar-refractivity contribution is -0.00952. The number of hydrogen-bond acceptors (Lipinski definition) is 7. The molecule has 0 amide bonds. The van der Waals surface area contributed by atoms with E-state index >= 15 is 0 Å². The van der Waals surface area contributed by atoms with Crippen molar-refractivity contribution in [1.29, 1.82) is 0 Å². The molecule has 0 radical (unpaired) electrons. The molecule has 1 unspecified atom stereocenters. The summed E-state index contributed by atoms with van der Waals surface area (Å²) in [6.07, 6.45) is 2.63. The van der Waals surface area contributed by atoms with Gasteiger partial charge in [-0.2, -0.15) is 10.2 Å². The van der Waals surface area contributed by atoms with Gasteiger partial charge in [0, 0.05) is 54.2 Å². The highest BCUT2D eigenvalue weighted by Gasteiger charge is 2.36. The van der Waals surface area contributed by atoms with E-state index in [-0.39, 0.29) is 12.1 Å². The predicted octanol–water partition coefficient (Wildman–Crippen LogP) is 3.78. The molecule has 3 heterocycles. The van der Waals surface area contributed by atoms with Crippen LogP contribution in [0.3, 0.4) is 0 Å². The molecule has 5 aromatic rings. The van der Waals surface area contributed by atoms with Crippen molar-refractivity contribution in [2.24, 2.45) is 0 Å². The van der Waals surface area contributed by atoms with E-state index in [0.717, 1.165) is 54.4 Å². The molecule has 222 valence electrons. The van der Waals surface area contributed by atoms with Crippen molar-refractivity contribution >= 4 is 23.0 Å². The Labute approximate surface area is 251 Å². The Balaban J connectivity index is 1.22. The second kappa shape index (κ2) is 11.6. The van der Waals surface area contributed by atoms with Crippen molar-refractivity contribution in [2.75, 3.05) is 36.0 Å². The Kier molecular flexibility index (Phi) is 7.72.